The van der Waals surface area contributed by atoms with Gasteiger partial charge in [-0.05, 0) is 42.8 Å². The summed E-state index contributed by atoms with van der Waals surface area (Å²) in [4.78, 5) is 20.2. The third-order valence-corrected chi connectivity index (χ3v) is 4.33. The molecule has 10 nitrogen and oxygen atoms in total. The molecule has 0 aliphatic carbocycles. The molecule has 180 valence electrons. The van der Waals surface area contributed by atoms with Crippen molar-refractivity contribution < 1.29 is 37.7 Å². The molecule has 7 N–H and O–H groups in total. The van der Waals surface area contributed by atoms with E-state index in [1.165, 1.54) is 43.3 Å². The number of aromatic nitrogens is 2. The van der Waals surface area contributed by atoms with Crippen LogP contribution in [0.3, 0.4) is 0 Å². The van der Waals surface area contributed by atoms with E-state index in [4.69, 9.17) is 16.2 Å². The lowest BCUT2D eigenvalue weighted by atomic mass is 10.1. The summed E-state index contributed by atoms with van der Waals surface area (Å²) in [6.07, 6.45) is -7.72. The SMILES string of the molecule is C[C@@H](O)[C@H](O)Oc1nc(N)nc(N)c1-c1ccc(NC(=O)c2cccc(OC(F)(F)F)c2)cc1. The van der Waals surface area contributed by atoms with Gasteiger partial charge in [0.1, 0.15) is 17.7 Å². The second-order valence-electron chi connectivity index (χ2n) is 7.00. The van der Waals surface area contributed by atoms with E-state index in [2.05, 4.69) is 20.0 Å². The lowest BCUT2D eigenvalue weighted by molar-refractivity contribution is -0.274. The number of benzene rings is 2. The number of nitrogens with zero attached hydrogens (tertiary/aromatic N) is 2. The van der Waals surface area contributed by atoms with Gasteiger partial charge in [-0.15, -0.1) is 13.2 Å². The van der Waals surface area contributed by atoms with Gasteiger partial charge in [0.2, 0.25) is 18.1 Å². The highest BCUT2D eigenvalue weighted by Crippen LogP contribution is 2.35. The Bertz CT molecular complexity index is 1170. The number of carbonyl (C=O) groups is 1. The topological polar surface area (TPSA) is 166 Å². The Morgan fingerprint density at radius 1 is 1.09 bits per heavy atom. The zero-order chi connectivity index (χ0) is 25.0. The Morgan fingerprint density at radius 3 is 2.38 bits per heavy atom. The van der Waals surface area contributed by atoms with E-state index < -0.39 is 30.4 Å². The Balaban J connectivity index is 1.81. The van der Waals surface area contributed by atoms with Crippen molar-refractivity contribution in [3.05, 3.63) is 54.1 Å². The number of amides is 1. The summed E-state index contributed by atoms with van der Waals surface area (Å²) in [5.41, 5.74) is 12.4. The molecule has 0 aliphatic heterocycles. The second-order valence-corrected chi connectivity index (χ2v) is 7.00. The molecule has 0 spiro atoms. The molecule has 3 rings (SSSR count). The monoisotopic (exact) mass is 479 g/mol. The third kappa shape index (κ3) is 6.24. The number of hydrogen-bond donors (Lipinski definition) is 5. The van der Waals surface area contributed by atoms with Gasteiger partial charge in [-0.3, -0.25) is 4.79 Å². The van der Waals surface area contributed by atoms with Crippen LogP contribution in [0.4, 0.5) is 30.6 Å². The van der Waals surface area contributed by atoms with Gasteiger partial charge >= 0.3 is 6.36 Å². The van der Waals surface area contributed by atoms with Crippen molar-refractivity contribution in [2.75, 3.05) is 16.8 Å². The van der Waals surface area contributed by atoms with Crippen LogP contribution in [0.25, 0.3) is 11.1 Å². The first-order valence-electron chi connectivity index (χ1n) is 9.66. The number of aliphatic hydroxyl groups is 2. The van der Waals surface area contributed by atoms with Crippen LogP contribution in [0.2, 0.25) is 0 Å². The van der Waals surface area contributed by atoms with E-state index in [1.807, 2.05) is 0 Å². The fraction of sp³-hybridized carbons (Fsp3) is 0.190. The average molecular weight is 479 g/mol. The number of halogens is 3. The number of alkyl halides is 3. The molecule has 0 radical (unpaired) electrons. The van der Waals surface area contributed by atoms with Gasteiger partial charge in [0, 0.05) is 11.3 Å². The minimum absolute atomic E-state index is 0.0511. The first kappa shape index (κ1) is 24.5. The van der Waals surface area contributed by atoms with Crippen LogP contribution < -0.4 is 26.3 Å². The molecular formula is C21H20F3N5O5. The molecule has 0 aliphatic rings. The zero-order valence-electron chi connectivity index (χ0n) is 17.6. The number of hydrogen-bond acceptors (Lipinski definition) is 9. The number of nitrogens with one attached hydrogen (secondary N) is 1. The summed E-state index contributed by atoms with van der Waals surface area (Å²) >= 11 is 0. The van der Waals surface area contributed by atoms with Crippen molar-refractivity contribution >= 4 is 23.4 Å². The number of aliphatic hydroxyl groups excluding tert-OH is 2. The molecule has 2 atom stereocenters. The number of rotatable bonds is 7. The Morgan fingerprint density at radius 2 is 1.76 bits per heavy atom. The highest BCUT2D eigenvalue weighted by molar-refractivity contribution is 6.04. The molecule has 13 heteroatoms. The summed E-state index contributed by atoms with van der Waals surface area (Å²) in [5, 5.41) is 21.9. The quantitative estimate of drug-likeness (QED) is 0.320. The number of ether oxygens (including phenoxy) is 2. The normalized spacial score (nSPS) is 13.1. The Kier molecular flexibility index (Phi) is 7.08. The van der Waals surface area contributed by atoms with Crippen LogP contribution in [0.15, 0.2) is 48.5 Å². The van der Waals surface area contributed by atoms with E-state index in [0.29, 0.717) is 11.3 Å². The van der Waals surface area contributed by atoms with Crippen LogP contribution >= 0.6 is 0 Å². The summed E-state index contributed by atoms with van der Waals surface area (Å²) < 4.78 is 46.3. The Labute approximate surface area is 191 Å². The van der Waals surface area contributed by atoms with E-state index in [-0.39, 0.29) is 28.8 Å². The first-order chi connectivity index (χ1) is 15.9. The van der Waals surface area contributed by atoms with Crippen LogP contribution in [0.1, 0.15) is 17.3 Å². The van der Waals surface area contributed by atoms with Crippen molar-refractivity contribution in [2.24, 2.45) is 0 Å². The average Bonchev–Trinajstić information content (AvgIpc) is 2.73. The van der Waals surface area contributed by atoms with E-state index in [1.54, 1.807) is 0 Å². The zero-order valence-corrected chi connectivity index (χ0v) is 17.6. The van der Waals surface area contributed by atoms with Crippen molar-refractivity contribution in [1.29, 1.82) is 0 Å². The van der Waals surface area contributed by atoms with Crippen LogP contribution in [-0.2, 0) is 0 Å². The predicted molar refractivity (Wildman–Crippen MR) is 116 cm³/mol. The fourth-order valence-electron chi connectivity index (χ4n) is 2.80. The molecule has 0 saturated heterocycles. The Hall–Kier alpha value is -4.10. The maximum absolute atomic E-state index is 12.4. The van der Waals surface area contributed by atoms with Gasteiger partial charge in [-0.2, -0.15) is 9.97 Å². The number of nitrogens with two attached hydrogens (primary N) is 2. The summed E-state index contributed by atoms with van der Waals surface area (Å²) in [6, 6.07) is 10.7. The molecule has 0 saturated carbocycles. The van der Waals surface area contributed by atoms with Gasteiger partial charge < -0.3 is 36.5 Å². The fourth-order valence-corrected chi connectivity index (χ4v) is 2.80. The lowest BCUT2D eigenvalue weighted by Crippen LogP contribution is -2.29. The highest BCUT2D eigenvalue weighted by Gasteiger charge is 2.31. The minimum atomic E-state index is -4.88. The van der Waals surface area contributed by atoms with Crippen molar-refractivity contribution in [3.63, 3.8) is 0 Å². The minimum Gasteiger partial charge on any atom is -0.444 e. The molecule has 1 amide bonds. The molecule has 1 heterocycles. The summed E-state index contributed by atoms with van der Waals surface area (Å²) in [6.45, 7) is 1.31. The maximum atomic E-state index is 12.4. The maximum Gasteiger partial charge on any atom is 0.573 e. The van der Waals surface area contributed by atoms with Crippen LogP contribution in [0.5, 0.6) is 11.6 Å². The molecule has 0 fully saturated rings. The largest absolute Gasteiger partial charge is 0.573 e. The smallest absolute Gasteiger partial charge is 0.444 e. The first-order valence-corrected chi connectivity index (χ1v) is 9.66. The van der Waals surface area contributed by atoms with Crippen molar-refractivity contribution in [1.82, 2.24) is 9.97 Å². The van der Waals surface area contributed by atoms with Crippen LogP contribution in [0, 0.1) is 0 Å². The molecule has 34 heavy (non-hydrogen) atoms. The summed E-state index contributed by atoms with van der Waals surface area (Å²) in [7, 11) is 0. The molecule has 1 aromatic heterocycles. The third-order valence-electron chi connectivity index (χ3n) is 4.33. The molecular weight excluding hydrogens is 459 g/mol. The molecule has 3 aromatic rings. The lowest BCUT2D eigenvalue weighted by Gasteiger charge is -2.18. The van der Waals surface area contributed by atoms with Crippen molar-refractivity contribution in [2.45, 2.75) is 25.7 Å². The number of carbonyl (C=O) groups excluding carboxylic acids is 1. The van der Waals surface area contributed by atoms with Gasteiger partial charge in [-0.25, -0.2) is 0 Å². The number of anilines is 3. The van der Waals surface area contributed by atoms with Gasteiger partial charge in [0.05, 0.1) is 5.56 Å². The second kappa shape index (κ2) is 9.80. The van der Waals surface area contributed by atoms with Gasteiger partial charge in [-0.1, -0.05) is 18.2 Å². The standard InChI is InChI=1S/C21H20F3N5O5/c1-10(30)19(32)33-18-15(16(25)28-20(26)29-18)11-5-7-13(8-6-11)27-17(31)12-3-2-4-14(9-12)34-21(22,23)24/h2-10,19,30,32H,1H3,(H,27,31)(H4,25,26,28,29)/t10-,19-/m1/s1. The molecule has 0 bridgehead atoms. The van der Waals surface area contributed by atoms with E-state index >= 15 is 0 Å². The van der Waals surface area contributed by atoms with Gasteiger partial charge in [0.15, 0.2) is 0 Å². The highest BCUT2D eigenvalue weighted by atomic mass is 19.4. The van der Waals surface area contributed by atoms with Gasteiger partial charge in [0.25, 0.3) is 5.91 Å². The van der Waals surface area contributed by atoms with E-state index in [9.17, 15) is 28.2 Å². The van der Waals surface area contributed by atoms with Crippen LogP contribution in [-0.4, -0.2) is 44.8 Å². The summed E-state index contributed by atoms with van der Waals surface area (Å²) in [5.74, 6) is -1.63. The molecule has 0 unspecified atom stereocenters. The molecule has 2 aromatic carbocycles. The predicted octanol–water partition coefficient (Wildman–Crippen LogP) is 2.54. The van der Waals surface area contributed by atoms with Crippen molar-refractivity contribution in [3.8, 4) is 22.8 Å². The number of nitrogen functional groups attached to an aromatic ring is 2. The van der Waals surface area contributed by atoms with E-state index in [0.717, 1.165) is 12.1 Å².